The van der Waals surface area contributed by atoms with Crippen LogP contribution in [0.15, 0.2) is 40.5 Å². The molecule has 3 rings (SSSR count). The van der Waals surface area contributed by atoms with E-state index >= 15 is 0 Å². The average Bonchev–Trinajstić information content (AvgIpc) is 2.83. The second-order valence-electron chi connectivity index (χ2n) is 5.08. The third kappa shape index (κ3) is 2.38. The van der Waals surface area contributed by atoms with E-state index in [-0.39, 0.29) is 6.04 Å². The second-order valence-corrected chi connectivity index (χ2v) is 5.08. The summed E-state index contributed by atoms with van der Waals surface area (Å²) in [7, 11) is 1.96. The van der Waals surface area contributed by atoms with E-state index in [0.29, 0.717) is 0 Å². The number of fused-ring (bicyclic) bond motifs is 1. The van der Waals surface area contributed by atoms with Crippen molar-refractivity contribution in [2.75, 3.05) is 13.7 Å². The summed E-state index contributed by atoms with van der Waals surface area (Å²) in [6.45, 7) is 2.92. The van der Waals surface area contributed by atoms with Gasteiger partial charge in [0.25, 0.3) is 0 Å². The van der Waals surface area contributed by atoms with Gasteiger partial charge in [0.15, 0.2) is 0 Å². The van der Waals surface area contributed by atoms with E-state index in [1.165, 1.54) is 11.1 Å². The van der Waals surface area contributed by atoms with Gasteiger partial charge in [-0.15, -0.1) is 0 Å². The molecule has 0 radical (unpaired) electrons. The lowest BCUT2D eigenvalue weighted by molar-refractivity contribution is 0.218. The first-order valence-corrected chi connectivity index (χ1v) is 6.76. The number of nitrogens with one attached hydrogen (secondary N) is 1. The Kier molecular flexibility index (Phi) is 3.30. The van der Waals surface area contributed by atoms with E-state index in [4.69, 9.17) is 9.15 Å². The predicted octanol–water partition coefficient (Wildman–Crippen LogP) is 3.70. The Hall–Kier alpha value is -1.74. The molecule has 1 N–H and O–H groups in total. The van der Waals surface area contributed by atoms with Crippen LogP contribution in [0.5, 0.6) is 0 Å². The van der Waals surface area contributed by atoms with Crippen LogP contribution in [0.4, 0.5) is 0 Å². The minimum absolute atomic E-state index is 0.105. The minimum Gasteiger partial charge on any atom is -0.501 e. The van der Waals surface area contributed by atoms with Crippen molar-refractivity contribution in [2.24, 2.45) is 0 Å². The van der Waals surface area contributed by atoms with E-state index in [1.807, 2.05) is 19.4 Å². The summed E-state index contributed by atoms with van der Waals surface area (Å²) in [6.07, 6.45) is 4.01. The number of likely N-dealkylation sites (N-methyl/N-ethyl adjacent to an activating group) is 1. The number of ether oxygens (including phenoxy) is 1. The van der Waals surface area contributed by atoms with Crippen LogP contribution in [0.2, 0.25) is 0 Å². The molecule has 0 fully saturated rings. The maximum Gasteiger partial charge on any atom is 0.134 e. The second kappa shape index (κ2) is 5.10. The van der Waals surface area contributed by atoms with Crippen LogP contribution in [-0.2, 0) is 4.74 Å². The molecule has 100 valence electrons. The third-order valence-electron chi connectivity index (χ3n) is 3.60. The van der Waals surface area contributed by atoms with Gasteiger partial charge in [0.05, 0.1) is 18.9 Å². The van der Waals surface area contributed by atoms with Crippen LogP contribution in [0.1, 0.15) is 30.2 Å². The van der Waals surface area contributed by atoms with Crippen molar-refractivity contribution in [1.82, 2.24) is 5.32 Å². The largest absolute Gasteiger partial charge is 0.501 e. The van der Waals surface area contributed by atoms with Gasteiger partial charge in [0.1, 0.15) is 11.3 Å². The SMILES string of the molecule is CNC(C1=COCCC1)c1cc2cc(C)ccc2o1. The van der Waals surface area contributed by atoms with E-state index in [2.05, 4.69) is 30.4 Å². The highest BCUT2D eigenvalue weighted by atomic mass is 16.5. The molecule has 0 amide bonds. The first-order chi connectivity index (χ1) is 9.28. The third-order valence-corrected chi connectivity index (χ3v) is 3.60. The molecule has 1 aromatic heterocycles. The molecular formula is C16H19NO2. The molecule has 1 unspecified atom stereocenters. The minimum atomic E-state index is 0.105. The van der Waals surface area contributed by atoms with Gasteiger partial charge in [0, 0.05) is 5.39 Å². The Balaban J connectivity index is 1.98. The highest BCUT2D eigenvalue weighted by molar-refractivity contribution is 5.78. The van der Waals surface area contributed by atoms with Gasteiger partial charge in [0.2, 0.25) is 0 Å². The summed E-state index contributed by atoms with van der Waals surface area (Å²) >= 11 is 0. The van der Waals surface area contributed by atoms with Crippen LogP contribution in [0.3, 0.4) is 0 Å². The van der Waals surface area contributed by atoms with Gasteiger partial charge in [-0.3, -0.25) is 0 Å². The van der Waals surface area contributed by atoms with Crippen LogP contribution in [-0.4, -0.2) is 13.7 Å². The Morgan fingerprint density at radius 1 is 1.26 bits per heavy atom. The molecule has 0 aliphatic carbocycles. The summed E-state index contributed by atoms with van der Waals surface area (Å²) in [6, 6.07) is 8.49. The predicted molar refractivity (Wildman–Crippen MR) is 76.0 cm³/mol. The Morgan fingerprint density at radius 2 is 2.16 bits per heavy atom. The Morgan fingerprint density at radius 3 is 2.89 bits per heavy atom. The first-order valence-electron chi connectivity index (χ1n) is 6.76. The molecular weight excluding hydrogens is 238 g/mol. The summed E-state index contributed by atoms with van der Waals surface area (Å²) in [5, 5.41) is 4.48. The van der Waals surface area contributed by atoms with Gasteiger partial charge in [-0.25, -0.2) is 0 Å². The smallest absolute Gasteiger partial charge is 0.134 e. The number of hydrogen-bond acceptors (Lipinski definition) is 3. The number of hydrogen-bond donors (Lipinski definition) is 1. The quantitative estimate of drug-likeness (QED) is 0.910. The molecule has 0 bridgehead atoms. The van der Waals surface area contributed by atoms with Crippen molar-refractivity contribution in [2.45, 2.75) is 25.8 Å². The zero-order valence-electron chi connectivity index (χ0n) is 11.4. The lowest BCUT2D eigenvalue weighted by atomic mass is 10.00. The summed E-state index contributed by atoms with van der Waals surface area (Å²) < 4.78 is 11.4. The monoisotopic (exact) mass is 257 g/mol. The Labute approximate surface area is 113 Å². The van der Waals surface area contributed by atoms with E-state index in [0.717, 1.165) is 36.2 Å². The number of benzene rings is 1. The highest BCUT2D eigenvalue weighted by Gasteiger charge is 2.21. The van der Waals surface area contributed by atoms with Crippen LogP contribution in [0, 0.1) is 6.92 Å². The summed E-state index contributed by atoms with van der Waals surface area (Å²) in [5.41, 5.74) is 3.45. The van der Waals surface area contributed by atoms with Gasteiger partial charge < -0.3 is 14.5 Å². The summed E-state index contributed by atoms with van der Waals surface area (Å²) in [4.78, 5) is 0. The van der Waals surface area contributed by atoms with Crippen LogP contribution < -0.4 is 5.32 Å². The van der Waals surface area contributed by atoms with E-state index in [1.54, 1.807) is 0 Å². The van der Waals surface area contributed by atoms with Gasteiger partial charge in [-0.2, -0.15) is 0 Å². The molecule has 3 nitrogen and oxygen atoms in total. The van der Waals surface area contributed by atoms with Crippen molar-refractivity contribution >= 4 is 11.0 Å². The van der Waals surface area contributed by atoms with Gasteiger partial charge in [-0.05, 0) is 50.6 Å². The van der Waals surface area contributed by atoms with Crippen molar-refractivity contribution in [3.05, 3.63) is 47.4 Å². The fourth-order valence-electron chi connectivity index (χ4n) is 2.63. The normalized spacial score (nSPS) is 17.1. The molecule has 0 spiro atoms. The average molecular weight is 257 g/mol. The molecule has 1 aliphatic rings. The molecule has 3 heteroatoms. The topological polar surface area (TPSA) is 34.4 Å². The molecule has 1 aromatic carbocycles. The fraction of sp³-hybridized carbons (Fsp3) is 0.375. The molecule has 1 atom stereocenters. The van der Waals surface area contributed by atoms with Gasteiger partial charge >= 0.3 is 0 Å². The molecule has 1 aliphatic heterocycles. The number of rotatable bonds is 3. The molecule has 19 heavy (non-hydrogen) atoms. The molecule has 2 heterocycles. The van der Waals surface area contributed by atoms with E-state index < -0.39 is 0 Å². The van der Waals surface area contributed by atoms with Crippen molar-refractivity contribution in [3.8, 4) is 0 Å². The van der Waals surface area contributed by atoms with Crippen LogP contribution >= 0.6 is 0 Å². The molecule has 0 saturated heterocycles. The maximum absolute atomic E-state index is 5.97. The van der Waals surface area contributed by atoms with Crippen molar-refractivity contribution in [3.63, 3.8) is 0 Å². The van der Waals surface area contributed by atoms with Crippen molar-refractivity contribution in [1.29, 1.82) is 0 Å². The van der Waals surface area contributed by atoms with Crippen LogP contribution in [0.25, 0.3) is 11.0 Å². The zero-order valence-corrected chi connectivity index (χ0v) is 11.4. The lowest BCUT2D eigenvalue weighted by Crippen LogP contribution is -2.20. The number of furan rings is 1. The fourth-order valence-corrected chi connectivity index (χ4v) is 2.63. The van der Waals surface area contributed by atoms with Crippen molar-refractivity contribution < 1.29 is 9.15 Å². The van der Waals surface area contributed by atoms with E-state index in [9.17, 15) is 0 Å². The highest BCUT2D eigenvalue weighted by Crippen LogP contribution is 2.31. The lowest BCUT2D eigenvalue weighted by Gasteiger charge is -2.21. The standard InChI is InChI=1S/C16H19NO2/c1-11-5-6-14-13(8-11)9-15(19-14)16(17-2)12-4-3-7-18-10-12/h5-6,8-10,16-17H,3-4,7H2,1-2H3. The zero-order chi connectivity index (χ0) is 13.2. The Bertz CT molecular complexity index is 612. The maximum atomic E-state index is 5.97. The van der Waals surface area contributed by atoms with Gasteiger partial charge in [-0.1, -0.05) is 11.6 Å². The summed E-state index contributed by atoms with van der Waals surface area (Å²) in [5.74, 6) is 0.958. The first kappa shape index (κ1) is 12.3. The molecule has 2 aromatic rings. The molecule has 0 saturated carbocycles. The number of aryl methyl sites for hydroxylation is 1.